The van der Waals surface area contributed by atoms with Gasteiger partial charge in [-0.3, -0.25) is 4.79 Å². The summed E-state index contributed by atoms with van der Waals surface area (Å²) in [6, 6.07) is 0.902. The Labute approximate surface area is 163 Å². The standard InChI is InChI=1S/C19H19F4N5O/c20-17(21)12-8-10(18(29)27-16-13(24)3-1-5-19(16,22)23)7-11(12)14-9-25-15-4-2-6-26-28(14)15/h2,4,6-7,9,13,16-17H,1,3,5,8,24H2,(H,27,29)/t13-,16?/m0/s1. The SMILES string of the molecule is N[C@H]1CCCC(F)(F)C1NC(=O)C1=CC(c2cnc3cccnn23)=C(C(F)F)C1. The normalized spacial score (nSPS) is 24.3. The van der Waals surface area contributed by atoms with E-state index in [1.165, 1.54) is 23.0 Å². The fourth-order valence-corrected chi connectivity index (χ4v) is 3.87. The Bertz CT molecular complexity index is 1010. The molecule has 2 aliphatic rings. The maximum Gasteiger partial charge on any atom is 0.269 e. The van der Waals surface area contributed by atoms with E-state index < -0.39 is 30.3 Å². The molecule has 3 N–H and O–H groups in total. The summed E-state index contributed by atoms with van der Waals surface area (Å²) in [6.45, 7) is 0. The number of nitrogens with one attached hydrogen (secondary N) is 1. The number of carbonyl (C=O) groups is 1. The number of hydrogen-bond donors (Lipinski definition) is 2. The molecule has 0 aromatic carbocycles. The third kappa shape index (κ3) is 3.52. The van der Waals surface area contributed by atoms with Gasteiger partial charge in [-0.2, -0.15) is 5.10 Å². The molecule has 2 atom stereocenters. The summed E-state index contributed by atoms with van der Waals surface area (Å²) in [5, 5.41) is 6.37. The van der Waals surface area contributed by atoms with Crippen molar-refractivity contribution in [2.45, 2.75) is 50.1 Å². The lowest BCUT2D eigenvalue weighted by Gasteiger charge is -2.36. The molecule has 0 saturated heterocycles. The molecule has 2 aromatic heterocycles. The number of nitrogens with zero attached hydrogens (tertiary/aromatic N) is 3. The van der Waals surface area contributed by atoms with E-state index in [0.717, 1.165) is 0 Å². The zero-order valence-corrected chi connectivity index (χ0v) is 15.3. The van der Waals surface area contributed by atoms with Gasteiger partial charge in [-0.25, -0.2) is 27.1 Å². The quantitative estimate of drug-likeness (QED) is 0.761. The van der Waals surface area contributed by atoms with Crippen molar-refractivity contribution in [2.24, 2.45) is 5.73 Å². The number of hydrogen-bond acceptors (Lipinski definition) is 4. The Morgan fingerprint density at radius 1 is 1.38 bits per heavy atom. The number of carbonyl (C=O) groups excluding carboxylic acids is 1. The predicted molar refractivity (Wildman–Crippen MR) is 97.3 cm³/mol. The topological polar surface area (TPSA) is 85.3 Å². The number of fused-ring (bicyclic) bond motifs is 1. The van der Waals surface area contributed by atoms with Crippen molar-refractivity contribution in [2.75, 3.05) is 0 Å². The van der Waals surface area contributed by atoms with Crippen LogP contribution in [0, 0.1) is 0 Å². The molecule has 10 heteroatoms. The first-order valence-electron chi connectivity index (χ1n) is 9.23. The largest absolute Gasteiger partial charge is 0.342 e. The number of aromatic nitrogens is 3. The molecule has 2 aliphatic carbocycles. The number of imidazole rings is 1. The summed E-state index contributed by atoms with van der Waals surface area (Å²) < 4.78 is 57.1. The zero-order valence-electron chi connectivity index (χ0n) is 15.3. The molecule has 29 heavy (non-hydrogen) atoms. The number of halogens is 4. The molecule has 2 heterocycles. The monoisotopic (exact) mass is 409 g/mol. The van der Waals surface area contributed by atoms with E-state index in [9.17, 15) is 22.4 Å². The Morgan fingerprint density at radius 2 is 2.17 bits per heavy atom. The molecule has 2 aromatic rings. The van der Waals surface area contributed by atoms with E-state index >= 15 is 0 Å². The lowest BCUT2D eigenvalue weighted by molar-refractivity contribution is -0.125. The maximum absolute atomic E-state index is 14.2. The highest BCUT2D eigenvalue weighted by Gasteiger charge is 2.47. The van der Waals surface area contributed by atoms with Gasteiger partial charge < -0.3 is 11.1 Å². The fourth-order valence-electron chi connectivity index (χ4n) is 3.87. The third-order valence-electron chi connectivity index (χ3n) is 5.37. The van der Waals surface area contributed by atoms with Gasteiger partial charge >= 0.3 is 0 Å². The van der Waals surface area contributed by atoms with Crippen LogP contribution in [-0.2, 0) is 4.79 Å². The second-order valence-corrected chi connectivity index (χ2v) is 7.29. The van der Waals surface area contributed by atoms with Crippen LogP contribution >= 0.6 is 0 Å². The van der Waals surface area contributed by atoms with E-state index in [2.05, 4.69) is 15.4 Å². The van der Waals surface area contributed by atoms with E-state index in [0.29, 0.717) is 17.8 Å². The lowest BCUT2D eigenvalue weighted by atomic mass is 9.87. The van der Waals surface area contributed by atoms with Gasteiger partial charge in [0.2, 0.25) is 5.91 Å². The number of alkyl halides is 4. The van der Waals surface area contributed by atoms with E-state index in [1.807, 2.05) is 0 Å². The summed E-state index contributed by atoms with van der Waals surface area (Å²) in [5.41, 5.74) is 6.37. The minimum Gasteiger partial charge on any atom is -0.342 e. The van der Waals surface area contributed by atoms with Gasteiger partial charge in [0, 0.05) is 41.8 Å². The van der Waals surface area contributed by atoms with Crippen LogP contribution in [0.1, 0.15) is 31.4 Å². The average Bonchev–Trinajstić information content (AvgIpc) is 3.28. The molecule has 0 bridgehead atoms. The van der Waals surface area contributed by atoms with Crippen molar-refractivity contribution in [1.82, 2.24) is 19.9 Å². The fraction of sp³-hybridized carbons (Fsp3) is 0.421. The van der Waals surface area contributed by atoms with Gasteiger partial charge in [0.1, 0.15) is 6.04 Å². The second kappa shape index (κ2) is 7.25. The number of amides is 1. The van der Waals surface area contributed by atoms with Crippen LogP contribution in [0.15, 0.2) is 41.7 Å². The van der Waals surface area contributed by atoms with Crippen LogP contribution in [0.25, 0.3) is 11.2 Å². The number of rotatable bonds is 4. The van der Waals surface area contributed by atoms with Crippen molar-refractivity contribution in [3.8, 4) is 0 Å². The molecular formula is C19H19F4N5O. The van der Waals surface area contributed by atoms with Gasteiger partial charge in [0.05, 0.1) is 11.9 Å². The summed E-state index contributed by atoms with van der Waals surface area (Å²) in [7, 11) is 0. The van der Waals surface area contributed by atoms with Gasteiger partial charge in [0.25, 0.3) is 12.3 Å². The van der Waals surface area contributed by atoms with Crippen molar-refractivity contribution in [3.63, 3.8) is 0 Å². The van der Waals surface area contributed by atoms with Crippen LogP contribution in [0.3, 0.4) is 0 Å². The molecule has 1 unspecified atom stereocenters. The molecule has 0 aliphatic heterocycles. The smallest absolute Gasteiger partial charge is 0.269 e. The molecule has 0 spiro atoms. The number of nitrogens with two attached hydrogens (primary N) is 1. The summed E-state index contributed by atoms with van der Waals surface area (Å²) in [5.74, 6) is -3.96. The van der Waals surface area contributed by atoms with E-state index in [4.69, 9.17) is 5.73 Å². The Morgan fingerprint density at radius 3 is 2.90 bits per heavy atom. The minimum absolute atomic E-state index is 0.0187. The zero-order chi connectivity index (χ0) is 20.8. The highest BCUT2D eigenvalue weighted by Crippen LogP contribution is 2.37. The molecule has 154 valence electrons. The molecule has 1 saturated carbocycles. The Hall–Kier alpha value is -2.75. The van der Waals surface area contributed by atoms with Crippen LogP contribution in [0.2, 0.25) is 0 Å². The molecule has 1 fully saturated rings. The van der Waals surface area contributed by atoms with Gasteiger partial charge in [0.15, 0.2) is 5.65 Å². The molecule has 0 radical (unpaired) electrons. The Balaban J connectivity index is 1.63. The van der Waals surface area contributed by atoms with Crippen LogP contribution in [-0.4, -0.2) is 44.9 Å². The van der Waals surface area contributed by atoms with E-state index in [-0.39, 0.29) is 36.0 Å². The first-order valence-corrected chi connectivity index (χ1v) is 9.23. The van der Waals surface area contributed by atoms with Crippen LogP contribution in [0.5, 0.6) is 0 Å². The van der Waals surface area contributed by atoms with Crippen molar-refractivity contribution < 1.29 is 22.4 Å². The van der Waals surface area contributed by atoms with Crippen molar-refractivity contribution >= 4 is 17.1 Å². The number of allylic oxidation sites excluding steroid dienone is 3. The molecule has 6 nitrogen and oxygen atoms in total. The van der Waals surface area contributed by atoms with Gasteiger partial charge in [-0.1, -0.05) is 0 Å². The van der Waals surface area contributed by atoms with Crippen LogP contribution in [0.4, 0.5) is 17.6 Å². The molecule has 4 rings (SSSR count). The first-order chi connectivity index (χ1) is 13.8. The van der Waals surface area contributed by atoms with E-state index in [1.54, 1.807) is 12.1 Å². The van der Waals surface area contributed by atoms with Gasteiger partial charge in [-0.15, -0.1) is 0 Å². The lowest BCUT2D eigenvalue weighted by Crippen LogP contribution is -2.59. The summed E-state index contributed by atoms with van der Waals surface area (Å²) in [6.07, 6.45) is 1.27. The maximum atomic E-state index is 14.2. The highest BCUT2D eigenvalue weighted by atomic mass is 19.3. The average molecular weight is 409 g/mol. The van der Waals surface area contributed by atoms with Crippen molar-refractivity contribution in [1.29, 1.82) is 0 Å². The summed E-state index contributed by atoms with van der Waals surface area (Å²) >= 11 is 0. The first kappa shape index (κ1) is 19.6. The predicted octanol–water partition coefficient (Wildman–Crippen LogP) is 2.71. The molecule has 1 amide bonds. The van der Waals surface area contributed by atoms with Gasteiger partial charge in [-0.05, 0) is 31.1 Å². The Kier molecular flexibility index (Phi) is 4.89. The molecular weight excluding hydrogens is 390 g/mol. The van der Waals surface area contributed by atoms with Crippen LogP contribution < -0.4 is 11.1 Å². The highest BCUT2D eigenvalue weighted by molar-refractivity contribution is 6.00. The van der Waals surface area contributed by atoms with Crippen molar-refractivity contribution in [3.05, 3.63) is 47.4 Å². The third-order valence-corrected chi connectivity index (χ3v) is 5.37. The second-order valence-electron chi connectivity index (χ2n) is 7.29. The minimum atomic E-state index is -3.14. The summed E-state index contributed by atoms with van der Waals surface area (Å²) in [4.78, 5) is 16.7.